The number of para-hydroxylation sites is 1. The van der Waals surface area contributed by atoms with Gasteiger partial charge in [-0.3, -0.25) is 0 Å². The van der Waals surface area contributed by atoms with Gasteiger partial charge in [-0.05, 0) is 19.1 Å². The monoisotopic (exact) mass is 236 g/mol. The van der Waals surface area contributed by atoms with Crippen LogP contribution < -0.4 is 4.74 Å². The zero-order chi connectivity index (χ0) is 12.7. The lowest BCUT2D eigenvalue weighted by Gasteiger charge is -2.16. The Balaban J connectivity index is 2.44. The summed E-state index contributed by atoms with van der Waals surface area (Å²) < 4.78 is 10.3. The molecule has 0 aliphatic carbocycles. The van der Waals surface area contributed by atoms with Gasteiger partial charge in [0.15, 0.2) is 6.10 Å². The lowest BCUT2D eigenvalue weighted by Crippen LogP contribution is -2.28. The molecule has 0 radical (unpaired) electrons. The van der Waals surface area contributed by atoms with Crippen molar-refractivity contribution in [2.45, 2.75) is 13.0 Å². The van der Waals surface area contributed by atoms with Gasteiger partial charge in [0, 0.05) is 5.57 Å². The predicted molar refractivity (Wildman–Crippen MR) is 63.7 cm³/mol. The highest BCUT2D eigenvalue weighted by Crippen LogP contribution is 2.11. The van der Waals surface area contributed by atoms with Crippen molar-refractivity contribution in [1.82, 2.24) is 0 Å². The van der Waals surface area contributed by atoms with Gasteiger partial charge in [-0.2, -0.15) is 0 Å². The largest absolute Gasteiger partial charge is 0.484 e. The third-order valence-corrected chi connectivity index (χ3v) is 2.00. The molecular weight excluding hydrogens is 220 g/mol. The highest BCUT2D eigenvalue weighted by Gasteiger charge is 2.12. The maximum atomic E-state index is 11.2. The summed E-state index contributed by atoms with van der Waals surface area (Å²) in [5.74, 6) is 0.137. The molecule has 0 saturated carbocycles. The third-order valence-electron chi connectivity index (χ3n) is 2.00. The first-order chi connectivity index (χ1) is 8.13. The van der Waals surface area contributed by atoms with Crippen molar-refractivity contribution in [3.05, 3.63) is 42.5 Å². The first-order valence-electron chi connectivity index (χ1n) is 5.28. The Bertz CT molecular complexity index is 372. The van der Waals surface area contributed by atoms with Gasteiger partial charge in [0.05, 0.1) is 6.61 Å². The first-order valence-corrected chi connectivity index (χ1v) is 5.28. The van der Waals surface area contributed by atoms with Gasteiger partial charge < -0.3 is 14.6 Å². The molecule has 0 fully saturated rings. The number of ether oxygens (including phenoxy) is 2. The standard InChI is InChI=1S/C13H16O4/c1-10(2)13(15)16-9-12(8-14)17-11-6-4-3-5-7-11/h3-7,12,14H,1,8-9H2,2H3. The fraction of sp³-hybridized carbons (Fsp3) is 0.308. The molecule has 1 aromatic rings. The Morgan fingerprint density at radius 2 is 2.06 bits per heavy atom. The molecule has 0 amide bonds. The Labute approximate surface area is 100 Å². The number of aliphatic hydroxyl groups is 1. The van der Waals surface area contributed by atoms with E-state index in [0.717, 1.165) is 0 Å². The molecule has 0 saturated heterocycles. The van der Waals surface area contributed by atoms with E-state index in [-0.39, 0.29) is 13.2 Å². The smallest absolute Gasteiger partial charge is 0.333 e. The van der Waals surface area contributed by atoms with Gasteiger partial charge in [-0.15, -0.1) is 0 Å². The number of carbonyl (C=O) groups is 1. The lowest BCUT2D eigenvalue weighted by atomic mass is 10.3. The number of rotatable bonds is 6. The second kappa shape index (κ2) is 6.70. The number of esters is 1. The number of carbonyl (C=O) groups excluding carboxylic acids is 1. The van der Waals surface area contributed by atoms with Crippen LogP contribution in [0.2, 0.25) is 0 Å². The van der Waals surface area contributed by atoms with E-state index in [2.05, 4.69) is 6.58 Å². The van der Waals surface area contributed by atoms with Gasteiger partial charge in [0.25, 0.3) is 0 Å². The zero-order valence-electron chi connectivity index (χ0n) is 9.76. The van der Waals surface area contributed by atoms with E-state index in [1.165, 1.54) is 0 Å². The summed E-state index contributed by atoms with van der Waals surface area (Å²) >= 11 is 0. The van der Waals surface area contributed by atoms with Crippen molar-refractivity contribution >= 4 is 5.97 Å². The van der Waals surface area contributed by atoms with Crippen LogP contribution in [0, 0.1) is 0 Å². The summed E-state index contributed by atoms with van der Waals surface area (Å²) in [4.78, 5) is 11.2. The molecule has 0 heterocycles. The van der Waals surface area contributed by atoms with E-state index in [0.29, 0.717) is 11.3 Å². The summed E-state index contributed by atoms with van der Waals surface area (Å²) in [6.45, 7) is 4.80. The fourth-order valence-corrected chi connectivity index (χ4v) is 1.11. The summed E-state index contributed by atoms with van der Waals surface area (Å²) in [6.07, 6.45) is -0.569. The van der Waals surface area contributed by atoms with Gasteiger partial charge in [0.1, 0.15) is 12.4 Å². The molecule has 1 unspecified atom stereocenters. The van der Waals surface area contributed by atoms with E-state index in [4.69, 9.17) is 14.6 Å². The van der Waals surface area contributed by atoms with Crippen molar-refractivity contribution in [3.8, 4) is 5.75 Å². The molecule has 4 heteroatoms. The molecule has 1 atom stereocenters. The van der Waals surface area contributed by atoms with E-state index in [9.17, 15) is 4.79 Å². The third kappa shape index (κ3) is 4.70. The van der Waals surface area contributed by atoms with Gasteiger partial charge in [-0.1, -0.05) is 24.8 Å². The topological polar surface area (TPSA) is 55.8 Å². The van der Waals surface area contributed by atoms with Crippen LogP contribution in [0.3, 0.4) is 0 Å². The Morgan fingerprint density at radius 3 is 2.59 bits per heavy atom. The molecule has 0 bridgehead atoms. The van der Waals surface area contributed by atoms with Crippen LogP contribution in [0.25, 0.3) is 0 Å². The van der Waals surface area contributed by atoms with E-state index < -0.39 is 12.1 Å². The lowest BCUT2D eigenvalue weighted by molar-refractivity contribution is -0.141. The Morgan fingerprint density at radius 1 is 1.41 bits per heavy atom. The van der Waals surface area contributed by atoms with Gasteiger partial charge in [0.2, 0.25) is 0 Å². The van der Waals surface area contributed by atoms with E-state index >= 15 is 0 Å². The molecule has 17 heavy (non-hydrogen) atoms. The molecule has 1 aromatic carbocycles. The number of aliphatic hydroxyl groups excluding tert-OH is 1. The average Bonchev–Trinajstić information content (AvgIpc) is 2.35. The zero-order valence-corrected chi connectivity index (χ0v) is 9.76. The van der Waals surface area contributed by atoms with E-state index in [1.54, 1.807) is 19.1 Å². The van der Waals surface area contributed by atoms with Gasteiger partial charge >= 0.3 is 5.97 Å². The average molecular weight is 236 g/mol. The highest BCUT2D eigenvalue weighted by molar-refractivity contribution is 5.86. The second-order valence-corrected chi connectivity index (χ2v) is 3.61. The molecule has 1 rings (SSSR count). The van der Waals surface area contributed by atoms with Crippen LogP contribution >= 0.6 is 0 Å². The molecule has 4 nitrogen and oxygen atoms in total. The van der Waals surface area contributed by atoms with Crippen LogP contribution in [0.4, 0.5) is 0 Å². The minimum absolute atomic E-state index is 0.00289. The predicted octanol–water partition coefficient (Wildman–Crippen LogP) is 1.55. The molecular formula is C13H16O4. The van der Waals surface area contributed by atoms with E-state index in [1.807, 2.05) is 18.2 Å². The summed E-state index contributed by atoms with van der Waals surface area (Å²) in [5.41, 5.74) is 0.321. The minimum Gasteiger partial charge on any atom is -0.484 e. The SMILES string of the molecule is C=C(C)C(=O)OCC(CO)Oc1ccccc1. The maximum Gasteiger partial charge on any atom is 0.333 e. The Kier molecular flexibility index (Phi) is 5.23. The van der Waals surface area contributed by atoms with Crippen LogP contribution in [-0.4, -0.2) is 30.4 Å². The first kappa shape index (κ1) is 13.3. The summed E-state index contributed by atoms with van der Waals surface area (Å²) in [6, 6.07) is 9.04. The van der Waals surface area contributed by atoms with Crippen molar-refractivity contribution in [2.24, 2.45) is 0 Å². The number of hydrogen-bond donors (Lipinski definition) is 1. The quantitative estimate of drug-likeness (QED) is 0.601. The number of benzene rings is 1. The van der Waals surface area contributed by atoms with Crippen molar-refractivity contribution in [1.29, 1.82) is 0 Å². The normalized spacial score (nSPS) is 11.6. The van der Waals surface area contributed by atoms with Crippen LogP contribution in [0.5, 0.6) is 5.75 Å². The van der Waals surface area contributed by atoms with Crippen molar-refractivity contribution < 1.29 is 19.4 Å². The molecule has 0 aliphatic rings. The maximum absolute atomic E-state index is 11.2. The second-order valence-electron chi connectivity index (χ2n) is 3.61. The number of hydrogen-bond acceptors (Lipinski definition) is 4. The van der Waals surface area contributed by atoms with Crippen molar-refractivity contribution in [3.63, 3.8) is 0 Å². The fourth-order valence-electron chi connectivity index (χ4n) is 1.11. The summed E-state index contributed by atoms with van der Waals surface area (Å²) in [7, 11) is 0. The van der Waals surface area contributed by atoms with Crippen LogP contribution in [0.15, 0.2) is 42.5 Å². The molecule has 92 valence electrons. The molecule has 1 N–H and O–H groups in total. The van der Waals surface area contributed by atoms with Gasteiger partial charge in [-0.25, -0.2) is 4.79 Å². The molecule has 0 aromatic heterocycles. The Hall–Kier alpha value is -1.81. The highest BCUT2D eigenvalue weighted by atomic mass is 16.6. The van der Waals surface area contributed by atoms with Crippen LogP contribution in [0.1, 0.15) is 6.92 Å². The molecule has 0 spiro atoms. The minimum atomic E-state index is -0.569. The van der Waals surface area contributed by atoms with Crippen LogP contribution in [-0.2, 0) is 9.53 Å². The summed E-state index contributed by atoms with van der Waals surface area (Å²) in [5, 5.41) is 9.10. The van der Waals surface area contributed by atoms with Crippen molar-refractivity contribution in [2.75, 3.05) is 13.2 Å². The molecule has 0 aliphatic heterocycles.